The molecule has 0 spiro atoms. The molecule has 0 aromatic carbocycles. The van der Waals surface area contributed by atoms with Gasteiger partial charge in [-0.05, 0) is 0 Å². The number of carboxylic acids is 1. The van der Waals surface area contributed by atoms with E-state index in [-0.39, 0.29) is 24.9 Å². The van der Waals surface area contributed by atoms with Gasteiger partial charge in [-0.15, -0.1) is 5.10 Å². The first-order valence-electron chi connectivity index (χ1n) is 5.47. The Morgan fingerprint density at radius 1 is 1.53 bits per heavy atom. The number of carbonyl (C=O) groups excluding carboxylic acids is 2. The lowest BCUT2D eigenvalue weighted by molar-refractivity contribution is -0.142. The maximum absolute atomic E-state index is 12.1. The van der Waals surface area contributed by atoms with Crippen LogP contribution in [0.5, 0.6) is 0 Å². The summed E-state index contributed by atoms with van der Waals surface area (Å²) in [6.07, 6.45) is -0.471. The van der Waals surface area contributed by atoms with Gasteiger partial charge in [-0.2, -0.15) is 4.98 Å². The van der Waals surface area contributed by atoms with Crippen LogP contribution in [0.4, 0.5) is 5.95 Å². The Kier molecular flexibility index (Phi) is 3.31. The fourth-order valence-electron chi connectivity index (χ4n) is 1.83. The molecule has 1 aliphatic heterocycles. The molecule has 19 heavy (non-hydrogen) atoms. The average Bonchev–Trinajstić information content (AvgIpc) is 2.77. The zero-order chi connectivity index (χ0) is 14.0. The number of nitrogens with zero attached hydrogens (tertiary/aromatic N) is 3. The Morgan fingerprint density at radius 3 is 2.84 bits per heavy atom. The van der Waals surface area contributed by atoms with E-state index >= 15 is 0 Å². The van der Waals surface area contributed by atoms with Crippen LogP contribution in [0.2, 0.25) is 0 Å². The van der Waals surface area contributed by atoms with E-state index < -0.39 is 30.2 Å². The van der Waals surface area contributed by atoms with Crippen molar-refractivity contribution in [3.05, 3.63) is 5.82 Å². The van der Waals surface area contributed by atoms with E-state index in [1.807, 2.05) is 0 Å². The molecule has 0 saturated carbocycles. The molecule has 2 amide bonds. The van der Waals surface area contributed by atoms with Crippen molar-refractivity contribution >= 4 is 23.7 Å². The molecule has 10 nitrogen and oxygen atoms in total. The minimum Gasteiger partial charge on any atom is -0.481 e. The van der Waals surface area contributed by atoms with Gasteiger partial charge in [0.05, 0.1) is 6.42 Å². The third kappa shape index (κ3) is 2.61. The van der Waals surface area contributed by atoms with Gasteiger partial charge in [-0.1, -0.05) is 0 Å². The first-order chi connectivity index (χ1) is 8.99. The number of hydrogen-bond donors (Lipinski definition) is 4. The van der Waals surface area contributed by atoms with Crippen molar-refractivity contribution in [3.63, 3.8) is 0 Å². The molecule has 2 rings (SSSR count). The topological polar surface area (TPSA) is 154 Å². The van der Waals surface area contributed by atoms with Crippen molar-refractivity contribution in [2.45, 2.75) is 12.5 Å². The Hall–Kier alpha value is -2.65. The number of anilines is 1. The normalized spacial score (nSPS) is 19.1. The van der Waals surface area contributed by atoms with Crippen LogP contribution in [0.15, 0.2) is 0 Å². The van der Waals surface area contributed by atoms with E-state index in [1.54, 1.807) is 0 Å². The maximum atomic E-state index is 12.1. The van der Waals surface area contributed by atoms with Crippen LogP contribution in [0.1, 0.15) is 17.0 Å². The molecule has 0 bridgehead atoms. The largest absolute Gasteiger partial charge is 0.481 e. The lowest BCUT2D eigenvalue weighted by atomic mass is 10.1. The summed E-state index contributed by atoms with van der Waals surface area (Å²) in [5.74, 6) is -2.50. The Balaban J connectivity index is 2.22. The van der Waals surface area contributed by atoms with Gasteiger partial charge in [-0.3, -0.25) is 19.5 Å². The van der Waals surface area contributed by atoms with Crippen LogP contribution >= 0.6 is 0 Å². The van der Waals surface area contributed by atoms with Gasteiger partial charge in [0.2, 0.25) is 17.7 Å². The molecule has 1 atom stereocenters. The van der Waals surface area contributed by atoms with Crippen molar-refractivity contribution < 1.29 is 19.5 Å². The molecule has 0 radical (unpaired) electrons. The zero-order valence-corrected chi connectivity index (χ0v) is 9.79. The summed E-state index contributed by atoms with van der Waals surface area (Å²) < 4.78 is 0. The first kappa shape index (κ1) is 12.8. The number of H-pyrrole nitrogens is 1. The van der Waals surface area contributed by atoms with Crippen LogP contribution in [0.25, 0.3) is 0 Å². The molecule has 1 saturated heterocycles. The van der Waals surface area contributed by atoms with Crippen molar-refractivity contribution in [1.82, 2.24) is 25.4 Å². The highest BCUT2D eigenvalue weighted by atomic mass is 16.4. The monoisotopic (exact) mass is 268 g/mol. The number of nitrogen functional groups attached to an aromatic ring is 1. The number of carbonyl (C=O) groups is 3. The molecule has 1 fully saturated rings. The summed E-state index contributed by atoms with van der Waals surface area (Å²) in [5.41, 5.74) is 5.29. The second-order valence-electron chi connectivity index (χ2n) is 3.95. The summed E-state index contributed by atoms with van der Waals surface area (Å²) in [6.45, 7) is 0.452. The van der Waals surface area contributed by atoms with E-state index in [2.05, 4.69) is 20.5 Å². The second kappa shape index (κ2) is 4.92. The average molecular weight is 268 g/mol. The molecular weight excluding hydrogens is 256 g/mol. The third-order valence-corrected chi connectivity index (χ3v) is 2.66. The van der Waals surface area contributed by atoms with E-state index in [1.165, 1.54) is 0 Å². The van der Waals surface area contributed by atoms with Crippen LogP contribution in [0.3, 0.4) is 0 Å². The van der Waals surface area contributed by atoms with Gasteiger partial charge in [-0.25, -0.2) is 0 Å². The fraction of sp³-hybridized carbons (Fsp3) is 0.444. The van der Waals surface area contributed by atoms with E-state index in [4.69, 9.17) is 10.8 Å². The van der Waals surface area contributed by atoms with E-state index in [9.17, 15) is 14.4 Å². The smallest absolute Gasteiger partial charge is 0.305 e. The summed E-state index contributed by atoms with van der Waals surface area (Å²) >= 11 is 0. The number of nitrogens with two attached hydrogens (primary N) is 1. The number of nitrogens with one attached hydrogen (secondary N) is 2. The molecular formula is C9H12N6O4. The van der Waals surface area contributed by atoms with Crippen molar-refractivity contribution in [2.24, 2.45) is 0 Å². The molecule has 1 aromatic heterocycles. The standard InChI is InChI=1S/C9H12N6O4/c10-9-12-6(13-14-9)8(19)15-2-1-11-7(18)4(15)3-5(16)17/h4H,1-3H2,(H,11,18)(H,16,17)(H3,10,12,13,14). The highest BCUT2D eigenvalue weighted by molar-refractivity contribution is 5.97. The lowest BCUT2D eigenvalue weighted by Gasteiger charge is -2.33. The summed E-state index contributed by atoms with van der Waals surface area (Å²) in [4.78, 5) is 39.3. The third-order valence-electron chi connectivity index (χ3n) is 2.66. The molecule has 1 aliphatic rings. The summed E-state index contributed by atoms with van der Waals surface area (Å²) in [6, 6.07) is -1.06. The summed E-state index contributed by atoms with van der Waals surface area (Å²) in [5, 5.41) is 17.1. The minimum atomic E-state index is -1.17. The Morgan fingerprint density at radius 2 is 2.26 bits per heavy atom. The number of amides is 2. The second-order valence-corrected chi connectivity index (χ2v) is 3.95. The van der Waals surface area contributed by atoms with Gasteiger partial charge in [0.25, 0.3) is 5.91 Å². The molecule has 0 aliphatic carbocycles. The van der Waals surface area contributed by atoms with Gasteiger partial charge >= 0.3 is 5.97 Å². The number of aromatic amines is 1. The lowest BCUT2D eigenvalue weighted by Crippen LogP contribution is -2.58. The van der Waals surface area contributed by atoms with Gasteiger partial charge < -0.3 is 21.1 Å². The van der Waals surface area contributed by atoms with Crippen LogP contribution in [-0.2, 0) is 9.59 Å². The number of piperazine rings is 1. The predicted molar refractivity (Wildman–Crippen MR) is 60.9 cm³/mol. The van der Waals surface area contributed by atoms with Crippen LogP contribution in [0, 0.1) is 0 Å². The summed E-state index contributed by atoms with van der Waals surface area (Å²) in [7, 11) is 0. The van der Waals surface area contributed by atoms with Crippen molar-refractivity contribution in [3.8, 4) is 0 Å². The SMILES string of the molecule is Nc1n[nH]c(C(=O)N2CCNC(=O)C2CC(=O)O)n1. The molecule has 5 N–H and O–H groups in total. The number of aliphatic carboxylic acids is 1. The fourth-order valence-corrected chi connectivity index (χ4v) is 1.83. The molecule has 1 aromatic rings. The highest BCUT2D eigenvalue weighted by Gasteiger charge is 2.36. The van der Waals surface area contributed by atoms with Crippen LogP contribution in [-0.4, -0.2) is 62.1 Å². The van der Waals surface area contributed by atoms with E-state index in [0.717, 1.165) is 4.90 Å². The minimum absolute atomic E-state index is 0.0976. The maximum Gasteiger partial charge on any atom is 0.305 e. The molecule has 1 unspecified atom stereocenters. The number of aromatic nitrogens is 3. The van der Waals surface area contributed by atoms with Crippen LogP contribution < -0.4 is 11.1 Å². The quantitative estimate of drug-likeness (QED) is 0.485. The van der Waals surface area contributed by atoms with Crippen molar-refractivity contribution in [1.29, 1.82) is 0 Å². The molecule has 10 heteroatoms. The Labute approximate surface area is 107 Å². The van der Waals surface area contributed by atoms with Gasteiger partial charge in [0.15, 0.2) is 0 Å². The van der Waals surface area contributed by atoms with Gasteiger partial charge in [0, 0.05) is 13.1 Å². The molecule has 102 valence electrons. The first-order valence-corrected chi connectivity index (χ1v) is 5.47. The van der Waals surface area contributed by atoms with Gasteiger partial charge in [0.1, 0.15) is 6.04 Å². The number of rotatable bonds is 3. The zero-order valence-electron chi connectivity index (χ0n) is 9.79. The number of hydrogen-bond acceptors (Lipinski definition) is 6. The molecule has 2 heterocycles. The number of carboxylic acid groups (broad SMARTS) is 1. The van der Waals surface area contributed by atoms with E-state index in [0.29, 0.717) is 0 Å². The Bertz CT molecular complexity index is 527. The highest BCUT2D eigenvalue weighted by Crippen LogP contribution is 2.12. The predicted octanol–water partition coefficient (Wildman–Crippen LogP) is -2.20. The van der Waals surface area contributed by atoms with Crippen molar-refractivity contribution in [2.75, 3.05) is 18.8 Å².